The molecule has 0 aliphatic carbocycles. The van der Waals surface area contributed by atoms with Crippen LogP contribution in [0.25, 0.3) is 0 Å². The van der Waals surface area contributed by atoms with Gasteiger partial charge in [0.15, 0.2) is 0 Å². The average Bonchev–Trinajstić information content (AvgIpc) is 2.65. The van der Waals surface area contributed by atoms with Crippen LogP contribution in [0.2, 0.25) is 0 Å². The maximum Gasteiger partial charge on any atom is 0.319 e. The minimum Gasteiger partial charge on any atom is -0.475 e. The van der Waals surface area contributed by atoms with Crippen LogP contribution in [0.4, 0.5) is 16.2 Å². The molecule has 3 N–H and O–H groups in total. The number of nitrogens with one attached hydrogen (secondary N) is 3. The van der Waals surface area contributed by atoms with Gasteiger partial charge in [0.25, 0.3) is 0 Å². The minimum atomic E-state index is -0.371. The van der Waals surface area contributed by atoms with Gasteiger partial charge in [-0.3, -0.25) is 4.79 Å². The number of methoxy groups -OCH3 is 1. The molecule has 0 spiro atoms. The summed E-state index contributed by atoms with van der Waals surface area (Å²) in [4.78, 5) is 27.8. The minimum absolute atomic E-state index is 0.139. The molecule has 0 saturated carbocycles. The van der Waals surface area contributed by atoms with Gasteiger partial charge >= 0.3 is 6.03 Å². The van der Waals surface area contributed by atoms with Gasteiger partial charge in [-0.15, -0.1) is 0 Å². The van der Waals surface area contributed by atoms with Gasteiger partial charge in [0, 0.05) is 36.3 Å². The second-order valence-electron chi connectivity index (χ2n) is 5.41. The number of anilines is 2. The number of hydrogen-bond acceptors (Lipinski definition) is 5. The van der Waals surface area contributed by atoms with Gasteiger partial charge in [-0.2, -0.15) is 0 Å². The first-order valence-corrected chi connectivity index (χ1v) is 9.04. The van der Waals surface area contributed by atoms with Gasteiger partial charge in [0.2, 0.25) is 11.8 Å². The van der Waals surface area contributed by atoms with Crippen molar-refractivity contribution in [3.63, 3.8) is 0 Å². The highest BCUT2D eigenvalue weighted by Crippen LogP contribution is 2.14. The number of aromatic nitrogens is 1. The fourth-order valence-electron chi connectivity index (χ4n) is 1.99. The zero-order valence-corrected chi connectivity index (χ0v) is 16.4. The Morgan fingerprint density at radius 2 is 1.78 bits per heavy atom. The summed E-state index contributed by atoms with van der Waals surface area (Å²) < 4.78 is 11.2. The molecular weight excluding hydrogens is 416 g/mol. The molecule has 9 heteroatoms. The number of ether oxygens (including phenoxy) is 2. The Hall–Kier alpha value is -2.65. The molecule has 0 bridgehead atoms. The average molecular weight is 437 g/mol. The molecule has 27 heavy (non-hydrogen) atoms. The lowest BCUT2D eigenvalue weighted by molar-refractivity contribution is -0.116. The molecule has 3 amide bonds. The van der Waals surface area contributed by atoms with Crippen LogP contribution in [0.1, 0.15) is 6.42 Å². The third-order valence-electron chi connectivity index (χ3n) is 3.30. The molecule has 0 atom stereocenters. The first-order valence-electron chi connectivity index (χ1n) is 8.25. The molecule has 0 unspecified atom stereocenters. The second-order valence-corrected chi connectivity index (χ2v) is 6.33. The van der Waals surface area contributed by atoms with Crippen LogP contribution < -0.4 is 20.7 Å². The highest BCUT2D eigenvalue weighted by atomic mass is 79.9. The van der Waals surface area contributed by atoms with E-state index in [0.717, 1.165) is 4.47 Å². The summed E-state index contributed by atoms with van der Waals surface area (Å²) in [5.74, 6) is 0.227. The Kier molecular flexibility index (Phi) is 8.53. The normalized spacial score (nSPS) is 10.1. The van der Waals surface area contributed by atoms with Gasteiger partial charge in [-0.1, -0.05) is 15.9 Å². The highest BCUT2D eigenvalue weighted by Gasteiger charge is 2.06. The number of halogens is 1. The number of benzene rings is 1. The molecule has 144 valence electrons. The van der Waals surface area contributed by atoms with E-state index >= 15 is 0 Å². The van der Waals surface area contributed by atoms with E-state index in [1.165, 1.54) is 6.20 Å². The van der Waals surface area contributed by atoms with Crippen LogP contribution in [0.15, 0.2) is 47.1 Å². The summed E-state index contributed by atoms with van der Waals surface area (Å²) in [5, 5.41) is 8.02. The van der Waals surface area contributed by atoms with Crippen molar-refractivity contribution in [3.05, 3.63) is 47.1 Å². The first kappa shape index (κ1) is 20.7. The van der Waals surface area contributed by atoms with E-state index in [1.807, 2.05) is 12.1 Å². The Morgan fingerprint density at radius 3 is 2.44 bits per heavy atom. The van der Waals surface area contributed by atoms with Crippen molar-refractivity contribution < 1.29 is 19.1 Å². The molecule has 8 nitrogen and oxygen atoms in total. The summed E-state index contributed by atoms with van der Waals surface area (Å²) in [5.41, 5.74) is 1.22. The molecule has 1 aromatic heterocycles. The van der Waals surface area contributed by atoms with E-state index in [2.05, 4.69) is 36.9 Å². The number of amides is 3. The number of hydrogen-bond donors (Lipinski definition) is 3. The maximum absolute atomic E-state index is 11.9. The van der Waals surface area contributed by atoms with Crippen molar-refractivity contribution in [1.82, 2.24) is 10.3 Å². The zero-order valence-electron chi connectivity index (χ0n) is 14.8. The number of rotatable bonds is 9. The number of nitrogens with zero attached hydrogens (tertiary/aromatic N) is 1. The van der Waals surface area contributed by atoms with Crippen molar-refractivity contribution in [2.45, 2.75) is 6.42 Å². The van der Waals surface area contributed by atoms with Crippen molar-refractivity contribution in [2.24, 2.45) is 0 Å². The summed E-state index contributed by atoms with van der Waals surface area (Å²) in [7, 11) is 1.59. The van der Waals surface area contributed by atoms with Crippen LogP contribution >= 0.6 is 15.9 Å². The first-order chi connectivity index (χ1) is 13.1. The van der Waals surface area contributed by atoms with E-state index < -0.39 is 0 Å². The smallest absolute Gasteiger partial charge is 0.319 e. The van der Waals surface area contributed by atoms with Crippen molar-refractivity contribution in [3.8, 4) is 5.88 Å². The van der Waals surface area contributed by atoms with Crippen LogP contribution in [0.5, 0.6) is 5.88 Å². The molecule has 0 saturated heterocycles. The summed E-state index contributed by atoms with van der Waals surface area (Å²) in [6.07, 6.45) is 1.65. The summed E-state index contributed by atoms with van der Waals surface area (Å²) in [6, 6.07) is 10.2. The van der Waals surface area contributed by atoms with Gasteiger partial charge < -0.3 is 25.4 Å². The van der Waals surface area contributed by atoms with Crippen LogP contribution in [0, 0.1) is 0 Å². The molecule has 2 aromatic rings. The third kappa shape index (κ3) is 8.06. The lowest BCUT2D eigenvalue weighted by Crippen LogP contribution is -2.31. The molecule has 0 fully saturated rings. The molecule has 0 radical (unpaired) electrons. The van der Waals surface area contributed by atoms with Gasteiger partial charge in [0.1, 0.15) is 6.61 Å². The van der Waals surface area contributed by atoms with Crippen LogP contribution in [-0.2, 0) is 9.53 Å². The quantitative estimate of drug-likeness (QED) is 0.524. The zero-order chi connectivity index (χ0) is 19.5. The highest BCUT2D eigenvalue weighted by molar-refractivity contribution is 9.10. The lowest BCUT2D eigenvalue weighted by Gasteiger charge is -2.09. The standard InChI is InChI=1S/C18H21BrN4O4/c1-26-10-11-27-17-7-6-15(12-21-17)22-16(24)8-9-20-18(25)23-14-4-2-13(19)3-5-14/h2-7,12H,8-11H2,1H3,(H,22,24)(H2,20,23,25). The molecule has 0 aliphatic rings. The Balaban J connectivity index is 1.66. The fraction of sp³-hybridized carbons (Fsp3) is 0.278. The fourth-order valence-corrected chi connectivity index (χ4v) is 2.26. The number of pyridine rings is 1. The third-order valence-corrected chi connectivity index (χ3v) is 3.83. The lowest BCUT2D eigenvalue weighted by atomic mass is 10.3. The van der Waals surface area contributed by atoms with E-state index in [1.54, 1.807) is 31.4 Å². The predicted molar refractivity (Wildman–Crippen MR) is 106 cm³/mol. The van der Waals surface area contributed by atoms with E-state index in [0.29, 0.717) is 30.5 Å². The molecule has 2 rings (SSSR count). The van der Waals surface area contributed by atoms with Crippen LogP contribution in [-0.4, -0.2) is 43.8 Å². The van der Waals surface area contributed by atoms with E-state index in [9.17, 15) is 9.59 Å². The SMILES string of the molecule is COCCOc1ccc(NC(=O)CCNC(=O)Nc2ccc(Br)cc2)cn1. The van der Waals surface area contributed by atoms with Crippen molar-refractivity contribution >= 4 is 39.2 Å². The number of carbonyl (C=O) groups excluding carboxylic acids is 2. The van der Waals surface area contributed by atoms with Crippen molar-refractivity contribution in [1.29, 1.82) is 0 Å². The molecule has 1 heterocycles. The van der Waals surface area contributed by atoms with Crippen molar-refractivity contribution in [2.75, 3.05) is 37.5 Å². The topological polar surface area (TPSA) is 102 Å². The predicted octanol–water partition coefficient (Wildman–Crippen LogP) is 3.02. The monoisotopic (exact) mass is 436 g/mol. The van der Waals surface area contributed by atoms with Crippen LogP contribution in [0.3, 0.4) is 0 Å². The molecule has 0 aliphatic heterocycles. The number of carbonyl (C=O) groups is 2. The second kappa shape index (κ2) is 11.1. The maximum atomic E-state index is 11.9. The van der Waals surface area contributed by atoms with E-state index in [-0.39, 0.29) is 24.9 Å². The number of urea groups is 1. The van der Waals surface area contributed by atoms with Gasteiger partial charge in [0.05, 0.1) is 18.5 Å². The van der Waals surface area contributed by atoms with Gasteiger partial charge in [-0.25, -0.2) is 9.78 Å². The Labute approximate surface area is 165 Å². The summed E-state index contributed by atoms with van der Waals surface area (Å²) in [6.45, 7) is 1.09. The molecule has 1 aromatic carbocycles. The Morgan fingerprint density at radius 1 is 1.04 bits per heavy atom. The largest absolute Gasteiger partial charge is 0.475 e. The van der Waals surface area contributed by atoms with E-state index in [4.69, 9.17) is 9.47 Å². The summed E-state index contributed by atoms with van der Waals surface area (Å²) >= 11 is 3.33. The molecular formula is C18H21BrN4O4. The van der Waals surface area contributed by atoms with Gasteiger partial charge in [-0.05, 0) is 30.3 Å². The Bertz CT molecular complexity index is 738.